The number of hydrogen-bond acceptors (Lipinski definition) is 5. The van der Waals surface area contributed by atoms with Gasteiger partial charge in [-0.3, -0.25) is 14.4 Å². The Kier molecular flexibility index (Phi) is 6.49. The lowest BCUT2D eigenvalue weighted by Crippen LogP contribution is -2.59. The highest BCUT2D eigenvalue weighted by atomic mass is 16.5. The third kappa shape index (κ3) is 3.32. The van der Waals surface area contributed by atoms with Gasteiger partial charge in [0.05, 0.1) is 30.1 Å². The molecule has 3 aliphatic heterocycles. The minimum Gasteiger partial charge on any atom is -0.394 e. The molecule has 0 aromatic rings. The second-order valence-electron chi connectivity index (χ2n) is 9.58. The zero-order chi connectivity index (χ0) is 22.3. The maximum absolute atomic E-state index is 13.7. The van der Waals surface area contributed by atoms with E-state index in [9.17, 15) is 19.5 Å². The lowest BCUT2D eigenvalue weighted by molar-refractivity contribution is -0.150. The van der Waals surface area contributed by atoms with Crippen LogP contribution in [0.2, 0.25) is 0 Å². The van der Waals surface area contributed by atoms with Crippen molar-refractivity contribution in [3.63, 3.8) is 0 Å². The average Bonchev–Trinajstić information content (AvgIpc) is 3.26. The van der Waals surface area contributed by atoms with Gasteiger partial charge >= 0.3 is 0 Å². The van der Waals surface area contributed by atoms with Crippen LogP contribution in [0, 0.1) is 17.8 Å². The molecule has 3 saturated heterocycles. The smallest absolute Gasteiger partial charge is 0.245 e. The number of likely N-dealkylation sites (tertiary alicyclic amines) is 1. The number of carbonyl (C=O) groups is 3. The molecule has 0 saturated carbocycles. The van der Waals surface area contributed by atoms with Gasteiger partial charge in [0.15, 0.2) is 0 Å². The first-order valence-corrected chi connectivity index (χ1v) is 11.3. The van der Waals surface area contributed by atoms with Gasteiger partial charge in [0.1, 0.15) is 11.6 Å². The van der Waals surface area contributed by atoms with Crippen LogP contribution in [0.4, 0.5) is 0 Å². The number of amides is 3. The number of aliphatic hydroxyl groups excluding tert-OH is 1. The summed E-state index contributed by atoms with van der Waals surface area (Å²) in [4.78, 5) is 41.4. The number of unbranched alkanes of at least 4 members (excludes halogenated alkanes) is 2. The van der Waals surface area contributed by atoms with Gasteiger partial charge in [-0.25, -0.2) is 0 Å². The van der Waals surface area contributed by atoms with Crippen LogP contribution in [0.25, 0.3) is 0 Å². The Labute approximate surface area is 179 Å². The lowest BCUT2D eigenvalue weighted by atomic mass is 9.66. The SMILES string of the molecule is CCCCCNC(=O)C1N([C@@H](CO)C(C)C)C(=O)[C@@H]2[C@@H](C(=O)NC)[C@@]3(C)CCC12O3. The summed E-state index contributed by atoms with van der Waals surface area (Å²) in [6.07, 6.45) is 4.10. The molecule has 3 fully saturated rings. The van der Waals surface area contributed by atoms with Crippen LogP contribution < -0.4 is 10.6 Å². The topological polar surface area (TPSA) is 108 Å². The first kappa shape index (κ1) is 23.0. The lowest BCUT2D eigenvalue weighted by Gasteiger charge is -2.38. The molecule has 8 heteroatoms. The van der Waals surface area contributed by atoms with Crippen molar-refractivity contribution in [2.24, 2.45) is 17.8 Å². The van der Waals surface area contributed by atoms with Crippen LogP contribution >= 0.6 is 0 Å². The highest BCUT2D eigenvalue weighted by molar-refractivity contribution is 5.99. The number of carbonyl (C=O) groups excluding carboxylic acids is 3. The van der Waals surface area contributed by atoms with Crippen LogP contribution in [0.5, 0.6) is 0 Å². The monoisotopic (exact) mass is 423 g/mol. The van der Waals surface area contributed by atoms with Crippen LogP contribution in [-0.4, -0.2) is 71.2 Å². The molecule has 0 aromatic heterocycles. The van der Waals surface area contributed by atoms with Crippen molar-refractivity contribution < 1.29 is 24.2 Å². The van der Waals surface area contributed by atoms with E-state index in [1.54, 1.807) is 7.05 Å². The van der Waals surface area contributed by atoms with E-state index in [0.717, 1.165) is 19.3 Å². The fourth-order valence-electron chi connectivity index (χ4n) is 5.88. The Morgan fingerprint density at radius 2 is 1.97 bits per heavy atom. The summed E-state index contributed by atoms with van der Waals surface area (Å²) < 4.78 is 6.48. The molecule has 3 rings (SSSR count). The number of rotatable bonds is 9. The fourth-order valence-corrected chi connectivity index (χ4v) is 5.88. The van der Waals surface area contributed by atoms with Crippen molar-refractivity contribution in [2.45, 2.75) is 83.1 Å². The molecule has 0 aromatic carbocycles. The predicted molar refractivity (Wildman–Crippen MR) is 111 cm³/mol. The summed E-state index contributed by atoms with van der Waals surface area (Å²) in [6, 6.07) is -1.35. The fraction of sp³-hybridized carbons (Fsp3) is 0.864. The Morgan fingerprint density at radius 1 is 1.27 bits per heavy atom. The largest absolute Gasteiger partial charge is 0.394 e. The Hall–Kier alpha value is -1.67. The van der Waals surface area contributed by atoms with Gasteiger partial charge < -0.3 is 25.4 Å². The molecular weight excluding hydrogens is 386 g/mol. The summed E-state index contributed by atoms with van der Waals surface area (Å²) in [5, 5.41) is 15.8. The van der Waals surface area contributed by atoms with Crippen LogP contribution in [0.3, 0.4) is 0 Å². The Balaban J connectivity index is 2.01. The average molecular weight is 424 g/mol. The minimum atomic E-state index is -1.03. The standard InChI is InChI=1S/C22H37N3O5/c1-6-7-8-11-24-19(28)17-22-10-9-21(4,30-22)15(18(27)23-5)16(22)20(29)25(17)14(12-26)13(2)3/h13-17,26H,6-12H2,1-5H3,(H,23,27)(H,24,28)/t14-,15-,16-,17?,21+,22?/m0/s1. The van der Waals surface area contributed by atoms with Gasteiger partial charge in [0.2, 0.25) is 17.7 Å². The minimum absolute atomic E-state index is 0.0455. The van der Waals surface area contributed by atoms with Crippen LogP contribution in [0.15, 0.2) is 0 Å². The van der Waals surface area contributed by atoms with E-state index in [4.69, 9.17) is 4.74 Å². The highest BCUT2D eigenvalue weighted by Gasteiger charge is 2.78. The van der Waals surface area contributed by atoms with Crippen molar-refractivity contribution in [1.82, 2.24) is 15.5 Å². The molecule has 170 valence electrons. The van der Waals surface area contributed by atoms with E-state index in [1.165, 1.54) is 4.90 Å². The van der Waals surface area contributed by atoms with Gasteiger partial charge in [-0.2, -0.15) is 0 Å². The number of fused-ring (bicyclic) bond motifs is 1. The number of hydrogen-bond donors (Lipinski definition) is 3. The molecule has 2 bridgehead atoms. The van der Waals surface area contributed by atoms with E-state index >= 15 is 0 Å². The van der Waals surface area contributed by atoms with E-state index in [2.05, 4.69) is 17.6 Å². The summed E-state index contributed by atoms with van der Waals surface area (Å²) >= 11 is 0. The molecule has 3 heterocycles. The number of nitrogens with zero attached hydrogens (tertiary/aromatic N) is 1. The number of nitrogens with one attached hydrogen (secondary N) is 2. The highest BCUT2D eigenvalue weighted by Crippen LogP contribution is 2.63. The summed E-state index contributed by atoms with van der Waals surface area (Å²) in [6.45, 7) is 8.11. The quantitative estimate of drug-likeness (QED) is 0.476. The van der Waals surface area contributed by atoms with Gasteiger partial charge in [0, 0.05) is 13.6 Å². The van der Waals surface area contributed by atoms with Crippen molar-refractivity contribution in [3.05, 3.63) is 0 Å². The van der Waals surface area contributed by atoms with Gasteiger partial charge in [-0.1, -0.05) is 33.6 Å². The molecule has 6 atom stereocenters. The normalized spacial score (nSPS) is 35.6. The van der Waals surface area contributed by atoms with Crippen molar-refractivity contribution in [1.29, 1.82) is 0 Å². The van der Waals surface area contributed by atoms with E-state index < -0.39 is 35.1 Å². The van der Waals surface area contributed by atoms with Crippen molar-refractivity contribution in [3.8, 4) is 0 Å². The summed E-state index contributed by atoms with van der Waals surface area (Å²) in [7, 11) is 1.56. The molecule has 2 unspecified atom stereocenters. The van der Waals surface area contributed by atoms with Crippen LogP contribution in [0.1, 0.15) is 59.8 Å². The second kappa shape index (κ2) is 8.46. The van der Waals surface area contributed by atoms with Gasteiger partial charge in [0.25, 0.3) is 0 Å². The molecule has 0 radical (unpaired) electrons. The molecule has 3 N–H and O–H groups in total. The zero-order valence-electron chi connectivity index (χ0n) is 18.9. The van der Waals surface area contributed by atoms with Gasteiger partial charge in [-0.15, -0.1) is 0 Å². The van der Waals surface area contributed by atoms with E-state index in [0.29, 0.717) is 19.4 Å². The molecule has 30 heavy (non-hydrogen) atoms. The first-order chi connectivity index (χ1) is 14.2. The Morgan fingerprint density at radius 3 is 2.53 bits per heavy atom. The summed E-state index contributed by atoms with van der Waals surface area (Å²) in [5.41, 5.74) is -1.79. The molecule has 8 nitrogen and oxygen atoms in total. The van der Waals surface area contributed by atoms with E-state index in [1.807, 2.05) is 20.8 Å². The van der Waals surface area contributed by atoms with Crippen molar-refractivity contribution >= 4 is 17.7 Å². The number of ether oxygens (including phenoxy) is 1. The van der Waals surface area contributed by atoms with Crippen molar-refractivity contribution in [2.75, 3.05) is 20.2 Å². The first-order valence-electron chi connectivity index (χ1n) is 11.3. The Bertz CT molecular complexity index is 698. The predicted octanol–water partition coefficient (Wildman–Crippen LogP) is 0.820. The van der Waals surface area contributed by atoms with Crippen LogP contribution in [-0.2, 0) is 19.1 Å². The maximum Gasteiger partial charge on any atom is 0.245 e. The maximum atomic E-state index is 13.7. The zero-order valence-corrected chi connectivity index (χ0v) is 18.9. The third-order valence-electron chi connectivity index (χ3n) is 7.39. The molecule has 3 aliphatic rings. The van der Waals surface area contributed by atoms with Gasteiger partial charge in [-0.05, 0) is 32.1 Å². The molecule has 0 aliphatic carbocycles. The van der Waals surface area contributed by atoms with E-state index in [-0.39, 0.29) is 30.2 Å². The second-order valence-corrected chi connectivity index (χ2v) is 9.58. The molecule has 3 amide bonds. The molecular formula is C22H37N3O5. The molecule has 1 spiro atoms. The number of aliphatic hydroxyl groups is 1. The third-order valence-corrected chi connectivity index (χ3v) is 7.39. The summed E-state index contributed by atoms with van der Waals surface area (Å²) in [5.74, 6) is -2.13.